The number of aromatic nitrogens is 7. The van der Waals surface area contributed by atoms with Gasteiger partial charge >= 0.3 is 5.97 Å². The molecule has 31 heavy (non-hydrogen) atoms. The van der Waals surface area contributed by atoms with Crippen molar-refractivity contribution in [3.63, 3.8) is 0 Å². The van der Waals surface area contributed by atoms with Gasteiger partial charge in [0.25, 0.3) is 0 Å². The molecule has 4 rings (SSSR count). The second kappa shape index (κ2) is 9.49. The summed E-state index contributed by atoms with van der Waals surface area (Å²) in [6, 6.07) is 8.91. The second-order valence-corrected chi connectivity index (χ2v) is 7.46. The SMILES string of the molecule is O=C(O)[C@H](CCn1c(-c2ccccc2)n[nH]c1=S)N(Cc1cnc[nH]1)Cc1cnc[nH]1. The summed E-state index contributed by atoms with van der Waals surface area (Å²) in [5.74, 6) is -0.223. The number of nitrogens with zero attached hydrogens (tertiary/aromatic N) is 5. The molecule has 1 atom stereocenters. The number of carbonyl (C=O) groups is 1. The van der Waals surface area contributed by atoms with E-state index in [2.05, 4.69) is 30.1 Å². The molecule has 0 spiro atoms. The molecule has 0 amide bonds. The highest BCUT2D eigenvalue weighted by molar-refractivity contribution is 7.71. The summed E-state index contributed by atoms with van der Waals surface area (Å²) >= 11 is 5.40. The van der Waals surface area contributed by atoms with Crippen molar-refractivity contribution in [1.82, 2.24) is 39.6 Å². The van der Waals surface area contributed by atoms with Gasteiger partial charge in [-0.2, -0.15) is 5.10 Å². The monoisotopic (exact) mass is 438 g/mol. The van der Waals surface area contributed by atoms with Crippen LogP contribution >= 0.6 is 12.2 Å². The minimum atomic E-state index is -0.907. The first kappa shape index (κ1) is 20.7. The molecule has 160 valence electrons. The van der Waals surface area contributed by atoms with Crippen LogP contribution in [0, 0.1) is 4.77 Å². The van der Waals surface area contributed by atoms with Crippen LogP contribution < -0.4 is 0 Å². The van der Waals surface area contributed by atoms with Gasteiger partial charge in [-0.25, -0.2) is 9.97 Å². The highest BCUT2D eigenvalue weighted by atomic mass is 32.1. The summed E-state index contributed by atoms with van der Waals surface area (Å²) in [6.07, 6.45) is 6.88. The fraction of sp³-hybridized carbons (Fsp3) is 0.250. The van der Waals surface area contributed by atoms with Crippen molar-refractivity contribution < 1.29 is 9.90 Å². The Balaban J connectivity index is 1.57. The first-order valence-electron chi connectivity index (χ1n) is 9.74. The largest absolute Gasteiger partial charge is 0.480 e. The zero-order valence-corrected chi connectivity index (χ0v) is 17.4. The number of hydrogen-bond donors (Lipinski definition) is 4. The molecule has 0 aliphatic heterocycles. The van der Waals surface area contributed by atoms with Crippen molar-refractivity contribution in [1.29, 1.82) is 0 Å². The van der Waals surface area contributed by atoms with E-state index in [0.29, 0.717) is 36.7 Å². The lowest BCUT2D eigenvalue weighted by Gasteiger charge is -2.28. The molecule has 1 aromatic carbocycles. The van der Waals surface area contributed by atoms with Gasteiger partial charge < -0.3 is 19.6 Å². The van der Waals surface area contributed by atoms with Crippen LogP contribution in [0.15, 0.2) is 55.4 Å². The number of imidazole rings is 2. The van der Waals surface area contributed by atoms with E-state index >= 15 is 0 Å². The normalized spacial score (nSPS) is 12.3. The van der Waals surface area contributed by atoms with E-state index in [-0.39, 0.29) is 0 Å². The Morgan fingerprint density at radius 3 is 2.29 bits per heavy atom. The fourth-order valence-electron chi connectivity index (χ4n) is 3.50. The van der Waals surface area contributed by atoms with E-state index in [1.165, 1.54) is 0 Å². The number of H-pyrrole nitrogens is 3. The quantitative estimate of drug-likeness (QED) is 0.280. The summed E-state index contributed by atoms with van der Waals surface area (Å²) in [4.78, 5) is 28.3. The highest BCUT2D eigenvalue weighted by Crippen LogP contribution is 2.19. The molecule has 0 radical (unpaired) electrons. The average Bonchev–Trinajstić information content (AvgIpc) is 3.52. The molecule has 4 N–H and O–H groups in total. The average molecular weight is 439 g/mol. The van der Waals surface area contributed by atoms with Crippen molar-refractivity contribution >= 4 is 18.2 Å². The number of hydrogen-bond acceptors (Lipinski definition) is 6. The first-order chi connectivity index (χ1) is 15.1. The van der Waals surface area contributed by atoms with Crippen molar-refractivity contribution in [2.24, 2.45) is 0 Å². The molecule has 0 saturated carbocycles. The zero-order chi connectivity index (χ0) is 21.6. The van der Waals surface area contributed by atoms with Crippen LogP contribution in [-0.4, -0.2) is 56.7 Å². The maximum Gasteiger partial charge on any atom is 0.321 e. The van der Waals surface area contributed by atoms with Crippen LogP contribution in [0.2, 0.25) is 0 Å². The molecule has 3 heterocycles. The van der Waals surface area contributed by atoms with E-state index in [1.54, 1.807) is 25.0 Å². The van der Waals surface area contributed by atoms with E-state index in [9.17, 15) is 9.90 Å². The van der Waals surface area contributed by atoms with Crippen molar-refractivity contribution in [2.75, 3.05) is 0 Å². The smallest absolute Gasteiger partial charge is 0.321 e. The van der Waals surface area contributed by atoms with Crippen LogP contribution in [0.3, 0.4) is 0 Å². The van der Waals surface area contributed by atoms with Crippen LogP contribution in [-0.2, 0) is 24.4 Å². The zero-order valence-electron chi connectivity index (χ0n) is 16.6. The van der Waals surface area contributed by atoms with Crippen LogP contribution in [0.1, 0.15) is 17.8 Å². The van der Waals surface area contributed by atoms with Gasteiger partial charge in [-0.3, -0.25) is 14.8 Å². The maximum atomic E-state index is 12.2. The first-order valence-corrected chi connectivity index (χ1v) is 10.1. The van der Waals surface area contributed by atoms with Gasteiger partial charge in [0.2, 0.25) is 0 Å². The Kier molecular flexibility index (Phi) is 6.34. The van der Waals surface area contributed by atoms with Crippen LogP contribution in [0.5, 0.6) is 0 Å². The molecular formula is C20H22N8O2S. The van der Waals surface area contributed by atoms with E-state index in [0.717, 1.165) is 17.0 Å². The van der Waals surface area contributed by atoms with Gasteiger partial charge in [0, 0.05) is 49.0 Å². The van der Waals surface area contributed by atoms with Gasteiger partial charge in [0.05, 0.1) is 12.7 Å². The van der Waals surface area contributed by atoms with Gasteiger partial charge in [0.15, 0.2) is 10.6 Å². The molecule has 0 bridgehead atoms. The summed E-state index contributed by atoms with van der Waals surface area (Å²) < 4.78 is 2.29. The lowest BCUT2D eigenvalue weighted by atomic mass is 10.1. The minimum Gasteiger partial charge on any atom is -0.480 e. The number of aliphatic carboxylic acids is 1. The molecule has 11 heteroatoms. The minimum absolute atomic E-state index is 0.339. The summed E-state index contributed by atoms with van der Waals surface area (Å²) in [5.41, 5.74) is 2.57. The van der Waals surface area contributed by atoms with Gasteiger partial charge in [-0.1, -0.05) is 30.3 Å². The molecule has 0 fully saturated rings. The van der Waals surface area contributed by atoms with Crippen molar-refractivity contribution in [3.05, 3.63) is 71.5 Å². The topological polar surface area (TPSA) is 132 Å². The molecule has 4 aromatic rings. The van der Waals surface area contributed by atoms with E-state index in [4.69, 9.17) is 12.2 Å². The van der Waals surface area contributed by atoms with Gasteiger partial charge in [0.1, 0.15) is 6.04 Å². The van der Waals surface area contributed by atoms with Crippen LogP contribution in [0.4, 0.5) is 0 Å². The fourth-order valence-corrected chi connectivity index (χ4v) is 3.73. The Hall–Kier alpha value is -3.57. The van der Waals surface area contributed by atoms with Gasteiger partial charge in [-0.05, 0) is 18.6 Å². The lowest BCUT2D eigenvalue weighted by molar-refractivity contribution is -0.144. The maximum absolute atomic E-state index is 12.2. The predicted molar refractivity (Wildman–Crippen MR) is 115 cm³/mol. The number of carboxylic acid groups (broad SMARTS) is 1. The van der Waals surface area contributed by atoms with Gasteiger partial charge in [-0.15, -0.1) is 0 Å². The van der Waals surface area contributed by atoms with Crippen molar-refractivity contribution in [2.45, 2.75) is 32.1 Å². The Morgan fingerprint density at radius 1 is 1.10 bits per heavy atom. The Bertz CT molecular complexity index is 1120. The molecule has 3 aromatic heterocycles. The molecule has 0 unspecified atom stereocenters. The number of aromatic amines is 3. The van der Waals surface area contributed by atoms with E-state index < -0.39 is 12.0 Å². The third kappa shape index (κ3) is 4.95. The summed E-state index contributed by atoms with van der Waals surface area (Å²) in [6.45, 7) is 1.20. The molecular weight excluding hydrogens is 416 g/mol. The number of rotatable bonds is 10. The Labute approximate surface area is 183 Å². The number of benzene rings is 1. The Morgan fingerprint density at radius 2 is 1.74 bits per heavy atom. The standard InChI is InChI=1S/C20H22N8O2S/c29-19(30)17(27(10-15-8-21-12-23-15)11-16-9-22-13-24-16)6-7-28-18(25-26-20(28)31)14-4-2-1-3-5-14/h1-5,8-9,12-13,17H,6-7,10-11H2,(H,21,23)(H,22,24)(H,26,31)(H,29,30)/t17-/m0/s1. The lowest BCUT2D eigenvalue weighted by Crippen LogP contribution is -2.41. The third-order valence-corrected chi connectivity index (χ3v) is 5.31. The molecule has 10 nitrogen and oxygen atoms in total. The highest BCUT2D eigenvalue weighted by Gasteiger charge is 2.27. The number of carboxylic acids is 1. The second-order valence-electron chi connectivity index (χ2n) is 7.07. The number of nitrogens with one attached hydrogen (secondary N) is 3. The summed E-state index contributed by atoms with van der Waals surface area (Å²) in [7, 11) is 0. The summed E-state index contributed by atoms with van der Waals surface area (Å²) in [5, 5.41) is 17.2. The van der Waals surface area contributed by atoms with Crippen LogP contribution in [0.25, 0.3) is 11.4 Å². The molecule has 0 aliphatic carbocycles. The molecule has 0 saturated heterocycles. The molecule has 0 aliphatic rings. The van der Waals surface area contributed by atoms with E-state index in [1.807, 2.05) is 39.8 Å². The third-order valence-electron chi connectivity index (χ3n) is 5.00. The van der Waals surface area contributed by atoms with Crippen molar-refractivity contribution in [3.8, 4) is 11.4 Å². The predicted octanol–water partition coefficient (Wildman–Crippen LogP) is 2.60.